The lowest BCUT2D eigenvalue weighted by molar-refractivity contribution is -0.146. The van der Waals surface area contributed by atoms with E-state index in [2.05, 4.69) is 45.1 Å². The molecule has 0 radical (unpaired) electrons. The van der Waals surface area contributed by atoms with Crippen molar-refractivity contribution >= 4 is 29.5 Å². The molecule has 2 atom stereocenters. The summed E-state index contributed by atoms with van der Waals surface area (Å²) in [6.45, 7) is 15.3. The Balaban J connectivity index is 1.18. The zero-order chi connectivity index (χ0) is 36.8. The number of carbonyl (C=O) groups is 4. The number of amides is 3. The fourth-order valence-corrected chi connectivity index (χ4v) is 9.08. The minimum atomic E-state index is -0.938. The van der Waals surface area contributed by atoms with E-state index in [0.717, 1.165) is 30.4 Å². The summed E-state index contributed by atoms with van der Waals surface area (Å²) in [6.07, 6.45) is 7.48. The maximum atomic E-state index is 14.9. The van der Waals surface area contributed by atoms with E-state index in [-0.39, 0.29) is 40.2 Å². The number of carbonyl (C=O) groups excluding carboxylic acids is 3. The fourth-order valence-electron chi connectivity index (χ4n) is 9.08. The SMILES string of the molecule is CC(C)(C)OC(=O)N1CCCC(C(=O)N2CCC(C(=O)N3CC=C4C(C)(C)C(c5ccc(C(=O)O)cc5)=CC[C@]4(C)C3)(c3ccccc3)CC2)C1. The normalized spacial score (nSPS) is 24.5. The smallest absolute Gasteiger partial charge is 0.410 e. The number of allylic oxidation sites excluding steroid dienone is 2. The Kier molecular flexibility index (Phi) is 9.72. The van der Waals surface area contributed by atoms with Crippen molar-refractivity contribution in [2.45, 2.75) is 84.7 Å². The Morgan fingerprint density at radius 2 is 1.51 bits per heavy atom. The van der Waals surface area contributed by atoms with Gasteiger partial charge in [0, 0.05) is 50.1 Å². The summed E-state index contributed by atoms with van der Waals surface area (Å²) in [4.78, 5) is 58.6. The third-order valence-electron chi connectivity index (χ3n) is 11.6. The Bertz CT molecular complexity index is 1730. The highest BCUT2D eigenvalue weighted by Gasteiger charge is 2.51. The molecule has 1 unspecified atom stereocenters. The molecule has 1 aliphatic carbocycles. The third-order valence-corrected chi connectivity index (χ3v) is 11.6. The van der Waals surface area contributed by atoms with E-state index in [9.17, 15) is 24.3 Å². The highest BCUT2D eigenvalue weighted by molar-refractivity contribution is 5.90. The standard InChI is InChI=1S/C42H53N3O6/c1-39(2,3)51-38(50)44-23-10-11-31(27-44)35(46)43-25-21-42(22-26-43,32-12-8-7-9-13-32)37(49)45-24-19-34-40(4,5)33(18-20-41(34,6)28-45)29-14-16-30(17-15-29)36(47)48/h7-9,12-19,31H,10-11,20-28H2,1-6H3,(H,47,48)/t31?,41-/m1/s1. The van der Waals surface area contributed by atoms with Gasteiger partial charge in [0.2, 0.25) is 11.8 Å². The number of carboxylic acid groups (broad SMARTS) is 1. The molecule has 272 valence electrons. The Hall–Kier alpha value is -4.40. The molecule has 2 saturated heterocycles. The van der Waals surface area contributed by atoms with Crippen LogP contribution in [0.3, 0.4) is 0 Å². The van der Waals surface area contributed by atoms with Gasteiger partial charge in [-0.25, -0.2) is 9.59 Å². The third kappa shape index (κ3) is 7.09. The summed E-state index contributed by atoms with van der Waals surface area (Å²) in [5.74, 6) is -1.05. The maximum absolute atomic E-state index is 14.9. The average Bonchev–Trinajstić information content (AvgIpc) is 3.10. The molecule has 3 aliphatic heterocycles. The number of rotatable bonds is 5. The van der Waals surface area contributed by atoms with Crippen LogP contribution in [0.25, 0.3) is 5.57 Å². The van der Waals surface area contributed by atoms with Crippen LogP contribution in [-0.4, -0.2) is 88.6 Å². The molecule has 0 bridgehead atoms. The van der Waals surface area contributed by atoms with Gasteiger partial charge in [-0.1, -0.05) is 81.0 Å². The molecule has 0 saturated carbocycles. The molecule has 0 aromatic heterocycles. The molecule has 9 heteroatoms. The van der Waals surface area contributed by atoms with Crippen LogP contribution in [0, 0.1) is 16.7 Å². The van der Waals surface area contributed by atoms with Gasteiger partial charge in [-0.3, -0.25) is 9.59 Å². The Labute approximate surface area is 302 Å². The first-order chi connectivity index (χ1) is 24.0. The molecular formula is C42H53N3O6. The number of fused-ring (bicyclic) bond motifs is 1. The largest absolute Gasteiger partial charge is 0.478 e. The zero-order valence-corrected chi connectivity index (χ0v) is 31.0. The van der Waals surface area contributed by atoms with E-state index < -0.39 is 17.0 Å². The van der Waals surface area contributed by atoms with Crippen molar-refractivity contribution in [1.82, 2.24) is 14.7 Å². The molecule has 2 aromatic carbocycles. The van der Waals surface area contributed by atoms with Crippen LogP contribution in [0.2, 0.25) is 0 Å². The first kappa shape index (κ1) is 36.4. The molecule has 2 fully saturated rings. The van der Waals surface area contributed by atoms with E-state index in [0.29, 0.717) is 52.1 Å². The van der Waals surface area contributed by atoms with Gasteiger partial charge in [0.05, 0.1) is 16.9 Å². The Morgan fingerprint density at radius 1 is 0.843 bits per heavy atom. The lowest BCUT2D eigenvalue weighted by Gasteiger charge is -2.52. The van der Waals surface area contributed by atoms with Gasteiger partial charge in [-0.05, 0) is 81.7 Å². The molecule has 6 rings (SSSR count). The second-order valence-electron chi connectivity index (χ2n) is 16.7. The van der Waals surface area contributed by atoms with E-state index >= 15 is 0 Å². The lowest BCUT2D eigenvalue weighted by Crippen LogP contribution is -2.58. The highest BCUT2D eigenvalue weighted by atomic mass is 16.6. The van der Waals surface area contributed by atoms with Gasteiger partial charge in [0.15, 0.2) is 0 Å². The topological polar surface area (TPSA) is 107 Å². The van der Waals surface area contributed by atoms with Gasteiger partial charge >= 0.3 is 12.1 Å². The van der Waals surface area contributed by atoms with Gasteiger partial charge in [0.25, 0.3) is 0 Å². The number of benzene rings is 2. The molecule has 3 amide bonds. The molecule has 1 N–H and O–H groups in total. The molecule has 51 heavy (non-hydrogen) atoms. The van der Waals surface area contributed by atoms with E-state index in [1.54, 1.807) is 17.0 Å². The van der Waals surface area contributed by atoms with Crippen LogP contribution in [-0.2, 0) is 19.7 Å². The number of aromatic carboxylic acids is 1. The van der Waals surface area contributed by atoms with Crippen LogP contribution in [0.15, 0.2) is 72.3 Å². The predicted octanol–water partition coefficient (Wildman–Crippen LogP) is 7.18. The number of piperidine rings is 2. The zero-order valence-electron chi connectivity index (χ0n) is 31.0. The van der Waals surface area contributed by atoms with Gasteiger partial charge in [-0.15, -0.1) is 0 Å². The molecule has 0 spiro atoms. The monoisotopic (exact) mass is 695 g/mol. The molecule has 2 aromatic rings. The second-order valence-corrected chi connectivity index (χ2v) is 16.7. The van der Waals surface area contributed by atoms with Gasteiger partial charge in [0.1, 0.15) is 5.60 Å². The Morgan fingerprint density at radius 3 is 2.14 bits per heavy atom. The minimum Gasteiger partial charge on any atom is -0.478 e. The fraction of sp³-hybridized carbons (Fsp3) is 0.524. The summed E-state index contributed by atoms with van der Waals surface area (Å²) in [7, 11) is 0. The van der Waals surface area contributed by atoms with Crippen molar-refractivity contribution in [2.24, 2.45) is 16.7 Å². The van der Waals surface area contributed by atoms with Crippen LogP contribution >= 0.6 is 0 Å². The summed E-state index contributed by atoms with van der Waals surface area (Å²) in [6, 6.07) is 17.2. The van der Waals surface area contributed by atoms with Crippen molar-refractivity contribution in [3.05, 3.63) is 89.0 Å². The van der Waals surface area contributed by atoms with Crippen LogP contribution in [0.1, 0.15) is 95.1 Å². The van der Waals surface area contributed by atoms with E-state index in [1.807, 2.05) is 60.9 Å². The maximum Gasteiger partial charge on any atom is 0.410 e. The number of nitrogens with zero attached hydrogens (tertiary/aromatic N) is 3. The second kappa shape index (κ2) is 13.6. The first-order valence-electron chi connectivity index (χ1n) is 18.4. The highest BCUT2D eigenvalue weighted by Crippen LogP contribution is 2.55. The van der Waals surface area contributed by atoms with Gasteiger partial charge in [-0.2, -0.15) is 0 Å². The van der Waals surface area contributed by atoms with Crippen LogP contribution in [0.5, 0.6) is 0 Å². The van der Waals surface area contributed by atoms with Gasteiger partial charge < -0.3 is 24.5 Å². The summed E-state index contributed by atoms with van der Waals surface area (Å²) < 4.78 is 5.59. The van der Waals surface area contributed by atoms with Crippen molar-refractivity contribution in [3.8, 4) is 0 Å². The number of likely N-dealkylation sites (tertiary alicyclic amines) is 2. The molecule has 9 nitrogen and oxygen atoms in total. The van der Waals surface area contributed by atoms with Crippen molar-refractivity contribution in [2.75, 3.05) is 39.3 Å². The molecule has 3 heterocycles. The number of hydrogen-bond acceptors (Lipinski definition) is 5. The van der Waals surface area contributed by atoms with Crippen molar-refractivity contribution in [1.29, 1.82) is 0 Å². The summed E-state index contributed by atoms with van der Waals surface area (Å²) >= 11 is 0. The quantitative estimate of drug-likeness (QED) is 0.332. The lowest BCUT2D eigenvalue weighted by atomic mass is 9.58. The summed E-state index contributed by atoms with van der Waals surface area (Å²) in [5.41, 5.74) is 2.87. The molecular weight excluding hydrogens is 642 g/mol. The predicted molar refractivity (Wildman–Crippen MR) is 197 cm³/mol. The number of carboxylic acids is 1. The van der Waals surface area contributed by atoms with Crippen LogP contribution in [0.4, 0.5) is 4.79 Å². The number of ether oxygens (including phenoxy) is 1. The average molecular weight is 696 g/mol. The van der Waals surface area contributed by atoms with E-state index in [4.69, 9.17) is 4.74 Å². The first-order valence-corrected chi connectivity index (χ1v) is 18.4. The number of hydrogen-bond donors (Lipinski definition) is 1. The minimum absolute atomic E-state index is 0.0556. The van der Waals surface area contributed by atoms with Crippen molar-refractivity contribution in [3.63, 3.8) is 0 Å². The van der Waals surface area contributed by atoms with Crippen molar-refractivity contribution < 1.29 is 29.0 Å². The molecule has 4 aliphatic rings. The summed E-state index contributed by atoms with van der Waals surface area (Å²) in [5, 5.41) is 9.39. The van der Waals surface area contributed by atoms with E-state index in [1.165, 1.54) is 11.1 Å². The van der Waals surface area contributed by atoms with Crippen LogP contribution < -0.4 is 0 Å².